The number of carbonyl (C=O) groups is 1. The summed E-state index contributed by atoms with van der Waals surface area (Å²) >= 11 is 5.83. The number of rotatable bonds is 5. The van der Waals surface area contributed by atoms with E-state index in [1.54, 1.807) is 0 Å². The van der Waals surface area contributed by atoms with Crippen LogP contribution in [0, 0.1) is 0 Å². The standard InChI is InChI=1S/C13H18ClNO2/c1-9(8-13(16)17-3)15-10(2)11-4-6-12(14)7-5-11/h4-7,9-10,15H,8H2,1-3H3/t9?,10-/m0/s1. The molecule has 0 aliphatic heterocycles. The van der Waals surface area contributed by atoms with Crippen molar-refractivity contribution in [3.63, 3.8) is 0 Å². The first-order valence-corrected chi connectivity index (χ1v) is 5.99. The number of nitrogens with one attached hydrogen (secondary N) is 1. The summed E-state index contributed by atoms with van der Waals surface area (Å²) in [7, 11) is 1.40. The maximum atomic E-state index is 11.1. The van der Waals surface area contributed by atoms with Gasteiger partial charge in [0, 0.05) is 17.1 Å². The normalized spacial score (nSPS) is 14.1. The minimum absolute atomic E-state index is 0.0770. The molecule has 17 heavy (non-hydrogen) atoms. The zero-order chi connectivity index (χ0) is 12.8. The summed E-state index contributed by atoms with van der Waals surface area (Å²) in [5.41, 5.74) is 1.14. The topological polar surface area (TPSA) is 38.3 Å². The lowest BCUT2D eigenvalue weighted by atomic mass is 10.1. The van der Waals surface area contributed by atoms with Crippen LogP contribution >= 0.6 is 11.6 Å². The van der Waals surface area contributed by atoms with E-state index in [0.717, 1.165) is 10.6 Å². The molecule has 94 valence electrons. The minimum Gasteiger partial charge on any atom is -0.469 e. The monoisotopic (exact) mass is 255 g/mol. The third-order valence-electron chi connectivity index (χ3n) is 2.61. The van der Waals surface area contributed by atoms with Gasteiger partial charge in [-0.2, -0.15) is 0 Å². The second-order valence-corrected chi connectivity index (χ2v) is 4.56. The van der Waals surface area contributed by atoms with Gasteiger partial charge in [-0.3, -0.25) is 4.79 Å². The fourth-order valence-electron chi connectivity index (χ4n) is 1.67. The van der Waals surface area contributed by atoms with Gasteiger partial charge >= 0.3 is 5.97 Å². The maximum absolute atomic E-state index is 11.1. The third-order valence-corrected chi connectivity index (χ3v) is 2.86. The Hall–Kier alpha value is -1.06. The molecule has 2 atom stereocenters. The summed E-state index contributed by atoms with van der Waals surface area (Å²) in [5, 5.41) is 4.06. The van der Waals surface area contributed by atoms with Gasteiger partial charge in [-0.05, 0) is 31.5 Å². The van der Waals surface area contributed by atoms with E-state index in [9.17, 15) is 4.79 Å². The summed E-state index contributed by atoms with van der Waals surface area (Å²) in [6, 6.07) is 7.93. The molecule has 0 amide bonds. The molecule has 0 radical (unpaired) electrons. The summed E-state index contributed by atoms with van der Waals surface area (Å²) in [4.78, 5) is 11.1. The van der Waals surface area contributed by atoms with Crippen LogP contribution in [0.1, 0.15) is 31.9 Å². The van der Waals surface area contributed by atoms with E-state index in [1.165, 1.54) is 7.11 Å². The van der Waals surface area contributed by atoms with E-state index in [-0.39, 0.29) is 18.1 Å². The largest absolute Gasteiger partial charge is 0.469 e. The van der Waals surface area contributed by atoms with Gasteiger partial charge in [0.2, 0.25) is 0 Å². The molecule has 0 spiro atoms. The van der Waals surface area contributed by atoms with Gasteiger partial charge < -0.3 is 10.1 Å². The number of halogens is 1. The van der Waals surface area contributed by atoms with Crippen LogP contribution in [-0.2, 0) is 9.53 Å². The van der Waals surface area contributed by atoms with Gasteiger partial charge in [0.1, 0.15) is 0 Å². The zero-order valence-corrected chi connectivity index (χ0v) is 11.1. The van der Waals surface area contributed by atoms with E-state index < -0.39 is 0 Å². The van der Waals surface area contributed by atoms with Crippen LogP contribution in [0.4, 0.5) is 0 Å². The quantitative estimate of drug-likeness (QED) is 0.822. The molecule has 3 nitrogen and oxygen atoms in total. The summed E-state index contributed by atoms with van der Waals surface area (Å²) in [5.74, 6) is -0.201. The molecular weight excluding hydrogens is 238 g/mol. The van der Waals surface area contributed by atoms with Gasteiger partial charge in [0.05, 0.1) is 13.5 Å². The van der Waals surface area contributed by atoms with E-state index >= 15 is 0 Å². The van der Waals surface area contributed by atoms with E-state index in [1.807, 2.05) is 31.2 Å². The molecule has 1 rings (SSSR count). The first-order chi connectivity index (χ1) is 8.02. The Morgan fingerprint density at radius 3 is 2.47 bits per heavy atom. The Balaban J connectivity index is 2.51. The number of methoxy groups -OCH3 is 1. The molecule has 1 N–H and O–H groups in total. The second kappa shape index (κ2) is 6.62. The van der Waals surface area contributed by atoms with Crippen molar-refractivity contribution in [3.8, 4) is 0 Å². The minimum atomic E-state index is -0.201. The Bertz CT molecular complexity index is 364. The van der Waals surface area contributed by atoms with Crippen LogP contribution in [0.2, 0.25) is 5.02 Å². The van der Waals surface area contributed by atoms with Crippen molar-refractivity contribution < 1.29 is 9.53 Å². The van der Waals surface area contributed by atoms with Crippen molar-refractivity contribution in [2.75, 3.05) is 7.11 Å². The number of ether oxygens (including phenoxy) is 1. The maximum Gasteiger partial charge on any atom is 0.307 e. The van der Waals surface area contributed by atoms with Gasteiger partial charge in [-0.15, -0.1) is 0 Å². The highest BCUT2D eigenvalue weighted by Gasteiger charge is 2.12. The van der Waals surface area contributed by atoms with Crippen molar-refractivity contribution >= 4 is 17.6 Å². The van der Waals surface area contributed by atoms with Crippen molar-refractivity contribution in [1.82, 2.24) is 5.32 Å². The molecule has 0 aromatic heterocycles. The third kappa shape index (κ3) is 4.75. The predicted molar refractivity (Wildman–Crippen MR) is 69.1 cm³/mol. The molecule has 1 unspecified atom stereocenters. The number of esters is 1. The van der Waals surface area contributed by atoms with Crippen molar-refractivity contribution in [2.45, 2.75) is 32.4 Å². The number of carbonyl (C=O) groups excluding carboxylic acids is 1. The Kier molecular flexibility index (Phi) is 5.45. The first kappa shape index (κ1) is 14.0. The molecule has 1 aromatic rings. The average molecular weight is 256 g/mol. The van der Waals surface area contributed by atoms with Crippen molar-refractivity contribution in [2.24, 2.45) is 0 Å². The summed E-state index contributed by atoms with van der Waals surface area (Å²) in [6.45, 7) is 4.01. The van der Waals surface area contributed by atoms with Crippen LogP contribution in [0.15, 0.2) is 24.3 Å². The highest BCUT2D eigenvalue weighted by molar-refractivity contribution is 6.30. The lowest BCUT2D eigenvalue weighted by Crippen LogP contribution is -2.31. The van der Waals surface area contributed by atoms with E-state index in [4.69, 9.17) is 11.6 Å². The Morgan fingerprint density at radius 1 is 1.35 bits per heavy atom. The molecule has 0 bridgehead atoms. The van der Waals surface area contributed by atoms with Crippen LogP contribution < -0.4 is 5.32 Å². The Morgan fingerprint density at radius 2 is 1.94 bits per heavy atom. The van der Waals surface area contributed by atoms with Crippen LogP contribution in [0.5, 0.6) is 0 Å². The molecule has 0 saturated heterocycles. The van der Waals surface area contributed by atoms with Gasteiger partial charge in [-0.25, -0.2) is 0 Å². The average Bonchev–Trinajstić information content (AvgIpc) is 2.29. The van der Waals surface area contributed by atoms with Crippen molar-refractivity contribution in [1.29, 1.82) is 0 Å². The fraction of sp³-hybridized carbons (Fsp3) is 0.462. The lowest BCUT2D eigenvalue weighted by molar-refractivity contribution is -0.141. The molecule has 1 aromatic carbocycles. The fourth-order valence-corrected chi connectivity index (χ4v) is 1.79. The Labute approximate surface area is 107 Å². The van der Waals surface area contributed by atoms with Gasteiger partial charge in [0.25, 0.3) is 0 Å². The first-order valence-electron chi connectivity index (χ1n) is 5.61. The second-order valence-electron chi connectivity index (χ2n) is 4.12. The number of benzene rings is 1. The SMILES string of the molecule is COC(=O)CC(C)N[C@@H](C)c1ccc(Cl)cc1. The van der Waals surface area contributed by atoms with E-state index in [0.29, 0.717) is 6.42 Å². The van der Waals surface area contributed by atoms with Gasteiger partial charge in [-0.1, -0.05) is 23.7 Å². The predicted octanol–water partition coefficient (Wildman–Crippen LogP) is 2.94. The number of hydrogen-bond acceptors (Lipinski definition) is 3. The zero-order valence-electron chi connectivity index (χ0n) is 10.4. The molecule has 0 aliphatic carbocycles. The number of hydrogen-bond donors (Lipinski definition) is 1. The molecule has 0 heterocycles. The highest BCUT2D eigenvalue weighted by atomic mass is 35.5. The summed E-state index contributed by atoms with van der Waals surface area (Å²) < 4.78 is 4.63. The molecule has 4 heteroatoms. The van der Waals surface area contributed by atoms with E-state index in [2.05, 4.69) is 17.0 Å². The van der Waals surface area contributed by atoms with Gasteiger partial charge in [0.15, 0.2) is 0 Å². The van der Waals surface area contributed by atoms with Crippen LogP contribution in [0.3, 0.4) is 0 Å². The summed E-state index contributed by atoms with van der Waals surface area (Å²) in [6.07, 6.45) is 0.369. The molecule has 0 fully saturated rings. The lowest BCUT2D eigenvalue weighted by Gasteiger charge is -2.19. The molecule has 0 aliphatic rings. The molecule has 0 saturated carbocycles. The van der Waals surface area contributed by atoms with Crippen LogP contribution in [0.25, 0.3) is 0 Å². The molecular formula is C13H18ClNO2. The smallest absolute Gasteiger partial charge is 0.307 e. The van der Waals surface area contributed by atoms with Crippen molar-refractivity contribution in [3.05, 3.63) is 34.9 Å². The highest BCUT2D eigenvalue weighted by Crippen LogP contribution is 2.16. The van der Waals surface area contributed by atoms with Crippen LogP contribution in [-0.4, -0.2) is 19.1 Å².